The average Bonchev–Trinajstić information content (AvgIpc) is 2.12. The van der Waals surface area contributed by atoms with Crippen LogP contribution in [0.25, 0.3) is 0 Å². The normalized spacial score (nSPS) is 9.29. The van der Waals surface area contributed by atoms with Gasteiger partial charge in [-0.15, -0.1) is 0 Å². The largest absolute Gasteiger partial charge is 0.466 e. The van der Waals surface area contributed by atoms with Gasteiger partial charge in [-0.05, 0) is 6.92 Å². The number of amides is 1. The molecule has 0 rings (SSSR count). The molecule has 0 saturated carbocycles. The lowest BCUT2D eigenvalue weighted by atomic mass is 10.3. The summed E-state index contributed by atoms with van der Waals surface area (Å²) in [6.07, 6.45) is 0.271. The number of carbonyl (C=O) groups is 2. The van der Waals surface area contributed by atoms with Gasteiger partial charge in [-0.25, -0.2) is 0 Å². The minimum atomic E-state index is -0.347. The van der Waals surface area contributed by atoms with Gasteiger partial charge in [0.2, 0.25) is 5.91 Å². The smallest absolute Gasteiger partial charge is 0.306 e. The molecular formula is C9H14BrNO3. The number of esters is 1. The third-order valence-corrected chi connectivity index (χ3v) is 1.62. The van der Waals surface area contributed by atoms with Crippen molar-refractivity contribution in [1.29, 1.82) is 0 Å². The molecule has 0 aliphatic rings. The van der Waals surface area contributed by atoms with Crippen LogP contribution < -0.4 is 5.32 Å². The second-order valence-electron chi connectivity index (χ2n) is 2.60. The van der Waals surface area contributed by atoms with Crippen molar-refractivity contribution < 1.29 is 14.3 Å². The maximum atomic E-state index is 11.1. The first-order valence-electron chi connectivity index (χ1n) is 4.31. The SMILES string of the molecule is C=C(Br)CNC(=O)CCC(=O)OCC. The standard InChI is InChI=1S/C9H14BrNO3/c1-3-14-9(13)5-4-8(12)11-6-7(2)10/h2-6H2,1H3,(H,11,12). The molecule has 0 fully saturated rings. The third-order valence-electron chi connectivity index (χ3n) is 1.34. The Kier molecular flexibility index (Phi) is 7.10. The van der Waals surface area contributed by atoms with Crippen molar-refractivity contribution in [3.05, 3.63) is 11.1 Å². The molecule has 0 aromatic rings. The summed E-state index contributed by atoms with van der Waals surface area (Å²) in [4.78, 5) is 21.9. The molecule has 14 heavy (non-hydrogen) atoms. The van der Waals surface area contributed by atoms with Crippen LogP contribution in [0.3, 0.4) is 0 Å². The zero-order valence-electron chi connectivity index (χ0n) is 8.14. The highest BCUT2D eigenvalue weighted by Crippen LogP contribution is 1.98. The molecule has 1 amide bonds. The molecule has 4 nitrogen and oxygen atoms in total. The van der Waals surface area contributed by atoms with Gasteiger partial charge < -0.3 is 10.1 Å². The second kappa shape index (κ2) is 7.55. The predicted octanol–water partition coefficient (Wildman–Crippen LogP) is 1.35. The van der Waals surface area contributed by atoms with Crippen LogP contribution in [0.2, 0.25) is 0 Å². The lowest BCUT2D eigenvalue weighted by Gasteiger charge is -2.03. The molecule has 0 aliphatic heterocycles. The molecule has 0 unspecified atom stereocenters. The molecule has 0 aliphatic carbocycles. The quantitative estimate of drug-likeness (QED) is 0.737. The van der Waals surface area contributed by atoms with Gasteiger partial charge >= 0.3 is 5.97 Å². The average molecular weight is 264 g/mol. The van der Waals surface area contributed by atoms with Crippen molar-refractivity contribution in [2.75, 3.05) is 13.2 Å². The van der Waals surface area contributed by atoms with Crippen molar-refractivity contribution >= 4 is 27.8 Å². The maximum Gasteiger partial charge on any atom is 0.306 e. The number of ether oxygens (including phenoxy) is 1. The van der Waals surface area contributed by atoms with Gasteiger partial charge in [-0.1, -0.05) is 22.5 Å². The lowest BCUT2D eigenvalue weighted by Crippen LogP contribution is -2.25. The molecule has 1 N–H and O–H groups in total. The number of carbonyl (C=O) groups excluding carboxylic acids is 2. The van der Waals surface area contributed by atoms with E-state index in [-0.39, 0.29) is 24.7 Å². The van der Waals surface area contributed by atoms with Gasteiger partial charge in [0.25, 0.3) is 0 Å². The third kappa shape index (κ3) is 7.79. The van der Waals surface area contributed by atoms with Crippen molar-refractivity contribution in [1.82, 2.24) is 5.32 Å². The maximum absolute atomic E-state index is 11.1. The van der Waals surface area contributed by atoms with Crippen molar-refractivity contribution in [2.45, 2.75) is 19.8 Å². The van der Waals surface area contributed by atoms with Gasteiger partial charge in [0, 0.05) is 17.4 Å². The highest BCUT2D eigenvalue weighted by Gasteiger charge is 2.06. The summed E-state index contributed by atoms with van der Waals surface area (Å²) in [5.41, 5.74) is 0. The van der Waals surface area contributed by atoms with Crippen molar-refractivity contribution in [3.63, 3.8) is 0 Å². The summed E-state index contributed by atoms with van der Waals surface area (Å²) < 4.78 is 5.37. The molecule has 0 aromatic heterocycles. The van der Waals surface area contributed by atoms with E-state index in [9.17, 15) is 9.59 Å². The summed E-state index contributed by atoms with van der Waals surface area (Å²) in [6.45, 7) is 6.01. The summed E-state index contributed by atoms with van der Waals surface area (Å²) in [7, 11) is 0. The van der Waals surface area contributed by atoms with Crippen LogP contribution in [0.15, 0.2) is 11.1 Å². The molecule has 0 atom stereocenters. The van der Waals surface area contributed by atoms with E-state index in [1.54, 1.807) is 6.92 Å². The molecule has 0 heterocycles. The van der Waals surface area contributed by atoms with Crippen LogP contribution in [0, 0.1) is 0 Å². The minimum Gasteiger partial charge on any atom is -0.466 e. The van der Waals surface area contributed by atoms with E-state index < -0.39 is 0 Å². The molecule has 5 heteroatoms. The monoisotopic (exact) mass is 263 g/mol. The van der Waals surface area contributed by atoms with E-state index in [0.29, 0.717) is 17.6 Å². The number of hydrogen-bond acceptors (Lipinski definition) is 3. The first kappa shape index (κ1) is 13.2. The van der Waals surface area contributed by atoms with Crippen LogP contribution >= 0.6 is 15.9 Å². The Morgan fingerprint density at radius 2 is 2.07 bits per heavy atom. The number of halogens is 1. The van der Waals surface area contributed by atoms with Gasteiger partial charge in [-0.3, -0.25) is 9.59 Å². The van der Waals surface area contributed by atoms with Crippen LogP contribution in [0.5, 0.6) is 0 Å². The fourth-order valence-electron chi connectivity index (χ4n) is 0.732. The fourth-order valence-corrected chi connectivity index (χ4v) is 0.872. The Labute approximate surface area is 91.8 Å². The van der Waals surface area contributed by atoms with Gasteiger partial charge in [0.05, 0.1) is 13.0 Å². The van der Waals surface area contributed by atoms with E-state index in [1.807, 2.05) is 0 Å². The topological polar surface area (TPSA) is 55.4 Å². The lowest BCUT2D eigenvalue weighted by molar-refractivity contribution is -0.144. The van der Waals surface area contributed by atoms with Crippen LogP contribution in [0.4, 0.5) is 0 Å². The minimum absolute atomic E-state index is 0.119. The summed E-state index contributed by atoms with van der Waals surface area (Å²) in [5, 5.41) is 2.59. The number of nitrogens with one attached hydrogen (secondary N) is 1. The van der Waals surface area contributed by atoms with E-state index in [4.69, 9.17) is 0 Å². The number of hydrogen-bond donors (Lipinski definition) is 1. The van der Waals surface area contributed by atoms with Crippen LogP contribution in [-0.2, 0) is 14.3 Å². The van der Waals surface area contributed by atoms with Crippen LogP contribution in [-0.4, -0.2) is 25.0 Å². The first-order chi connectivity index (χ1) is 6.56. The van der Waals surface area contributed by atoms with Crippen LogP contribution in [0.1, 0.15) is 19.8 Å². The summed E-state index contributed by atoms with van der Waals surface area (Å²) in [6, 6.07) is 0. The Morgan fingerprint density at radius 1 is 1.43 bits per heavy atom. The van der Waals surface area contributed by atoms with Crippen molar-refractivity contribution in [3.8, 4) is 0 Å². The first-order valence-corrected chi connectivity index (χ1v) is 5.11. The Morgan fingerprint density at radius 3 is 2.57 bits per heavy atom. The molecule has 0 radical (unpaired) electrons. The van der Waals surface area contributed by atoms with Gasteiger partial charge in [0.15, 0.2) is 0 Å². The van der Waals surface area contributed by atoms with Gasteiger partial charge in [0.1, 0.15) is 0 Å². The fraction of sp³-hybridized carbons (Fsp3) is 0.556. The number of rotatable bonds is 6. The Hall–Kier alpha value is -0.840. The van der Waals surface area contributed by atoms with E-state index in [1.165, 1.54) is 0 Å². The Bertz CT molecular complexity index is 228. The predicted molar refractivity (Wildman–Crippen MR) is 56.9 cm³/mol. The molecule has 0 spiro atoms. The van der Waals surface area contributed by atoms with E-state index in [2.05, 4.69) is 32.6 Å². The molecule has 0 bridgehead atoms. The summed E-state index contributed by atoms with van der Waals surface area (Å²) >= 11 is 3.11. The second-order valence-corrected chi connectivity index (χ2v) is 3.72. The highest BCUT2D eigenvalue weighted by atomic mass is 79.9. The van der Waals surface area contributed by atoms with Crippen molar-refractivity contribution in [2.24, 2.45) is 0 Å². The molecule has 0 saturated heterocycles. The highest BCUT2D eigenvalue weighted by molar-refractivity contribution is 9.11. The van der Waals surface area contributed by atoms with E-state index in [0.717, 1.165) is 0 Å². The zero-order chi connectivity index (χ0) is 11.0. The zero-order valence-corrected chi connectivity index (χ0v) is 9.72. The van der Waals surface area contributed by atoms with E-state index >= 15 is 0 Å². The molecule has 80 valence electrons. The Balaban J connectivity index is 3.53. The van der Waals surface area contributed by atoms with Gasteiger partial charge in [-0.2, -0.15) is 0 Å². The molecule has 0 aromatic carbocycles. The molecular weight excluding hydrogens is 250 g/mol. The summed E-state index contributed by atoms with van der Waals surface area (Å²) in [5.74, 6) is -0.529.